The highest BCUT2D eigenvalue weighted by Gasteiger charge is 2.36. The molecule has 21 heavy (non-hydrogen) atoms. The van der Waals surface area contributed by atoms with Crippen LogP contribution in [0.2, 0.25) is 0 Å². The Balaban J connectivity index is 1.80. The van der Waals surface area contributed by atoms with E-state index in [1.54, 1.807) is 6.07 Å². The van der Waals surface area contributed by atoms with Crippen molar-refractivity contribution in [2.75, 3.05) is 6.54 Å². The van der Waals surface area contributed by atoms with Gasteiger partial charge in [0.05, 0.1) is 5.56 Å². The predicted octanol–water partition coefficient (Wildman–Crippen LogP) is 3.89. The summed E-state index contributed by atoms with van der Waals surface area (Å²) in [5, 5.41) is 10.0. The molecule has 3 heteroatoms. The topological polar surface area (TPSA) is 40.5 Å². The molecular weight excluding hydrogens is 262 g/mol. The highest BCUT2D eigenvalue weighted by molar-refractivity contribution is 5.97. The van der Waals surface area contributed by atoms with E-state index in [1.807, 2.05) is 24.0 Å². The number of phenolic OH excluding ortho intramolecular Hbond substituents is 1. The maximum atomic E-state index is 12.8. The normalized spacial score (nSPS) is 23.5. The summed E-state index contributed by atoms with van der Waals surface area (Å²) in [5.74, 6) is 0.793. The number of aryl methyl sites for hydroxylation is 1. The number of carbonyl (C=O) groups excluding carboxylic acids is 1. The molecule has 1 aliphatic carbocycles. The zero-order valence-electron chi connectivity index (χ0n) is 12.8. The number of likely N-dealkylation sites (tertiary alicyclic amines) is 1. The number of hydrogen-bond acceptors (Lipinski definition) is 2. The Kier molecular flexibility index (Phi) is 4.18. The molecule has 0 radical (unpaired) electrons. The fraction of sp³-hybridized carbons (Fsp3) is 0.611. The standard InChI is InChI=1S/C18H25NO2/c1-13-9-10-17(20)15(12-13)18(21)19-11-5-8-16(19)14-6-3-2-4-7-14/h9-10,12,14,16,20H,2-8,11H2,1H3. The molecule has 3 nitrogen and oxygen atoms in total. The van der Waals surface area contributed by atoms with Gasteiger partial charge in [0.1, 0.15) is 5.75 Å². The summed E-state index contributed by atoms with van der Waals surface area (Å²) in [6, 6.07) is 5.68. The lowest BCUT2D eigenvalue weighted by atomic mass is 9.83. The summed E-state index contributed by atoms with van der Waals surface area (Å²) in [7, 11) is 0. The maximum absolute atomic E-state index is 12.8. The van der Waals surface area contributed by atoms with Gasteiger partial charge in [-0.15, -0.1) is 0 Å². The number of nitrogens with zero attached hydrogens (tertiary/aromatic N) is 1. The molecule has 1 amide bonds. The van der Waals surface area contributed by atoms with Crippen molar-refractivity contribution >= 4 is 5.91 Å². The number of rotatable bonds is 2. The Morgan fingerprint density at radius 3 is 2.67 bits per heavy atom. The van der Waals surface area contributed by atoms with E-state index in [4.69, 9.17) is 0 Å². The molecule has 2 fully saturated rings. The SMILES string of the molecule is Cc1ccc(O)c(C(=O)N2CCCC2C2CCCCC2)c1. The Hall–Kier alpha value is -1.51. The van der Waals surface area contributed by atoms with Crippen molar-refractivity contribution in [2.24, 2.45) is 5.92 Å². The second-order valence-corrected chi connectivity index (χ2v) is 6.63. The summed E-state index contributed by atoms with van der Waals surface area (Å²) < 4.78 is 0. The Labute approximate surface area is 127 Å². The lowest BCUT2D eigenvalue weighted by Crippen LogP contribution is -2.40. The quantitative estimate of drug-likeness (QED) is 0.896. The van der Waals surface area contributed by atoms with E-state index in [0.29, 0.717) is 17.5 Å². The minimum absolute atomic E-state index is 0.0178. The average Bonchev–Trinajstić information content (AvgIpc) is 2.99. The second kappa shape index (κ2) is 6.08. The van der Waals surface area contributed by atoms with Crippen molar-refractivity contribution in [3.8, 4) is 5.75 Å². The first kappa shape index (κ1) is 14.4. The van der Waals surface area contributed by atoms with Gasteiger partial charge in [0.15, 0.2) is 0 Å². The first-order valence-electron chi connectivity index (χ1n) is 8.27. The van der Waals surface area contributed by atoms with Gasteiger partial charge >= 0.3 is 0 Å². The van der Waals surface area contributed by atoms with Crippen molar-refractivity contribution < 1.29 is 9.90 Å². The Bertz CT molecular complexity index is 520. The largest absolute Gasteiger partial charge is 0.507 e. The summed E-state index contributed by atoms with van der Waals surface area (Å²) in [6.45, 7) is 2.80. The van der Waals surface area contributed by atoms with E-state index < -0.39 is 0 Å². The molecule has 114 valence electrons. The Morgan fingerprint density at radius 1 is 1.14 bits per heavy atom. The van der Waals surface area contributed by atoms with Crippen molar-refractivity contribution in [2.45, 2.75) is 57.9 Å². The first-order chi connectivity index (χ1) is 10.2. The van der Waals surface area contributed by atoms with Gasteiger partial charge in [-0.3, -0.25) is 4.79 Å². The van der Waals surface area contributed by atoms with Gasteiger partial charge < -0.3 is 10.0 Å². The molecule has 1 unspecified atom stereocenters. The van der Waals surface area contributed by atoms with Crippen molar-refractivity contribution in [3.63, 3.8) is 0 Å². The van der Waals surface area contributed by atoms with Crippen LogP contribution in [0.15, 0.2) is 18.2 Å². The predicted molar refractivity (Wildman–Crippen MR) is 83.5 cm³/mol. The number of phenols is 1. The van der Waals surface area contributed by atoms with Gasteiger partial charge in [0.25, 0.3) is 5.91 Å². The molecule has 1 aromatic rings. The van der Waals surface area contributed by atoms with Crippen LogP contribution in [0.4, 0.5) is 0 Å². The summed E-state index contributed by atoms with van der Waals surface area (Å²) in [6.07, 6.45) is 8.69. The molecule has 0 spiro atoms. The van der Waals surface area contributed by atoms with Crippen LogP contribution < -0.4 is 0 Å². The second-order valence-electron chi connectivity index (χ2n) is 6.63. The fourth-order valence-electron chi connectivity index (χ4n) is 4.03. The van der Waals surface area contributed by atoms with Crippen LogP contribution in [0.25, 0.3) is 0 Å². The van der Waals surface area contributed by atoms with Crippen molar-refractivity contribution in [3.05, 3.63) is 29.3 Å². The van der Waals surface area contributed by atoms with E-state index in [-0.39, 0.29) is 11.7 Å². The molecule has 0 aromatic heterocycles. The highest BCUT2D eigenvalue weighted by Crippen LogP contribution is 2.35. The monoisotopic (exact) mass is 287 g/mol. The summed E-state index contributed by atoms with van der Waals surface area (Å²) >= 11 is 0. The third kappa shape index (κ3) is 2.92. The van der Waals surface area contributed by atoms with Crippen LogP contribution in [-0.4, -0.2) is 28.5 Å². The van der Waals surface area contributed by atoms with E-state index in [0.717, 1.165) is 24.9 Å². The molecule has 3 rings (SSSR count). The van der Waals surface area contributed by atoms with Gasteiger partial charge in [-0.1, -0.05) is 30.9 Å². The average molecular weight is 287 g/mol. The van der Waals surface area contributed by atoms with Crippen LogP contribution in [0.5, 0.6) is 5.75 Å². The van der Waals surface area contributed by atoms with E-state index >= 15 is 0 Å². The highest BCUT2D eigenvalue weighted by atomic mass is 16.3. The number of hydrogen-bond donors (Lipinski definition) is 1. The molecule has 0 bridgehead atoms. The maximum Gasteiger partial charge on any atom is 0.257 e. The number of amides is 1. The van der Waals surface area contributed by atoms with Gasteiger partial charge in [-0.25, -0.2) is 0 Å². The third-order valence-corrected chi connectivity index (χ3v) is 5.14. The van der Waals surface area contributed by atoms with Crippen molar-refractivity contribution in [1.82, 2.24) is 4.90 Å². The van der Waals surface area contributed by atoms with Gasteiger partial charge in [0, 0.05) is 12.6 Å². The number of aromatic hydroxyl groups is 1. The molecule has 1 heterocycles. The number of benzene rings is 1. The van der Waals surface area contributed by atoms with Crippen LogP contribution in [0.1, 0.15) is 60.9 Å². The fourth-order valence-corrected chi connectivity index (χ4v) is 4.03. The molecule has 1 aromatic carbocycles. The minimum atomic E-state index is 0.0178. The Morgan fingerprint density at radius 2 is 1.90 bits per heavy atom. The summed E-state index contributed by atoms with van der Waals surface area (Å²) in [4.78, 5) is 14.9. The van der Waals surface area contributed by atoms with E-state index in [1.165, 1.54) is 32.1 Å². The zero-order valence-corrected chi connectivity index (χ0v) is 12.8. The van der Waals surface area contributed by atoms with Crippen LogP contribution in [0.3, 0.4) is 0 Å². The first-order valence-corrected chi connectivity index (χ1v) is 8.27. The van der Waals surface area contributed by atoms with Crippen molar-refractivity contribution in [1.29, 1.82) is 0 Å². The molecule has 1 saturated heterocycles. The van der Waals surface area contributed by atoms with Gasteiger partial charge in [0.2, 0.25) is 0 Å². The van der Waals surface area contributed by atoms with E-state index in [2.05, 4.69) is 0 Å². The number of carbonyl (C=O) groups is 1. The molecule has 1 atom stereocenters. The molecule has 1 N–H and O–H groups in total. The van der Waals surface area contributed by atoms with Crippen LogP contribution in [0, 0.1) is 12.8 Å². The smallest absolute Gasteiger partial charge is 0.257 e. The van der Waals surface area contributed by atoms with E-state index in [9.17, 15) is 9.90 Å². The molecule has 2 aliphatic rings. The van der Waals surface area contributed by atoms with Crippen LogP contribution >= 0.6 is 0 Å². The molecular formula is C18H25NO2. The molecule has 1 aliphatic heterocycles. The van der Waals surface area contributed by atoms with Gasteiger partial charge in [-0.05, 0) is 50.7 Å². The lowest BCUT2D eigenvalue weighted by Gasteiger charge is -2.34. The summed E-state index contributed by atoms with van der Waals surface area (Å²) in [5.41, 5.74) is 1.49. The zero-order chi connectivity index (χ0) is 14.8. The lowest BCUT2D eigenvalue weighted by molar-refractivity contribution is 0.0658. The minimum Gasteiger partial charge on any atom is -0.507 e. The molecule has 1 saturated carbocycles. The van der Waals surface area contributed by atoms with Crippen LogP contribution in [-0.2, 0) is 0 Å². The van der Waals surface area contributed by atoms with Gasteiger partial charge in [-0.2, -0.15) is 0 Å². The third-order valence-electron chi connectivity index (χ3n) is 5.14.